The fraction of sp³-hybridized carbons (Fsp3) is 0.611. The molecule has 2 aliphatic rings. The molecule has 1 aromatic rings. The lowest BCUT2D eigenvalue weighted by Gasteiger charge is -2.30. The number of hydrogen-bond acceptors (Lipinski definition) is 5. The van der Waals surface area contributed by atoms with Crippen molar-refractivity contribution in [3.63, 3.8) is 0 Å². The largest absolute Gasteiger partial charge is 0.368 e. The number of likely N-dealkylation sites (tertiary alicyclic amines) is 1. The van der Waals surface area contributed by atoms with Crippen molar-refractivity contribution >= 4 is 23.6 Å². The monoisotopic (exact) mass is 390 g/mol. The quantitative estimate of drug-likeness (QED) is 0.482. The summed E-state index contributed by atoms with van der Waals surface area (Å²) in [6.45, 7) is 2.28. The second-order valence-corrected chi connectivity index (χ2v) is 7.50. The second-order valence-electron chi connectivity index (χ2n) is 7.50. The first-order chi connectivity index (χ1) is 13.4. The molecule has 0 aromatic carbocycles. The van der Waals surface area contributed by atoms with Crippen molar-refractivity contribution in [1.82, 2.24) is 25.5 Å². The van der Waals surface area contributed by atoms with Gasteiger partial charge in [0.25, 0.3) is 0 Å². The Balaban J connectivity index is 1.76. The lowest BCUT2D eigenvalue weighted by molar-refractivity contribution is -0.141. The number of nitrogens with one attached hydrogen (secondary N) is 3. The standard InChI is InChI=1S/C18H26N6O4/c1-10-5-6-24(15(10)16(19)26)18(28)13(7-11-8-20-9-21-11)23-17(27)12-3-2-4-14(25)22-12/h8-10,12-13,15H,2-7H2,1H3,(H2,19,26)(H,20,21)(H,22,25)(H,23,27)/t10-,12?,13-,15-/m0/s1. The third-order valence-electron chi connectivity index (χ3n) is 5.42. The van der Waals surface area contributed by atoms with Gasteiger partial charge in [0, 0.05) is 31.3 Å². The molecule has 0 aliphatic carbocycles. The van der Waals surface area contributed by atoms with E-state index >= 15 is 0 Å². The zero-order valence-electron chi connectivity index (χ0n) is 15.8. The summed E-state index contributed by atoms with van der Waals surface area (Å²) < 4.78 is 0. The predicted octanol–water partition coefficient (Wildman–Crippen LogP) is -1.17. The number of primary amides is 1. The Morgan fingerprint density at radius 1 is 1.39 bits per heavy atom. The van der Waals surface area contributed by atoms with E-state index < -0.39 is 29.9 Å². The normalized spacial score (nSPS) is 25.8. The minimum atomic E-state index is -0.890. The zero-order chi connectivity index (χ0) is 20.3. The van der Waals surface area contributed by atoms with Crippen LogP contribution in [0.3, 0.4) is 0 Å². The van der Waals surface area contributed by atoms with Crippen molar-refractivity contribution in [3.8, 4) is 0 Å². The number of rotatable bonds is 6. The van der Waals surface area contributed by atoms with Crippen molar-refractivity contribution in [2.75, 3.05) is 6.54 Å². The van der Waals surface area contributed by atoms with Gasteiger partial charge >= 0.3 is 0 Å². The fourth-order valence-electron chi connectivity index (χ4n) is 3.92. The van der Waals surface area contributed by atoms with Gasteiger partial charge in [-0.05, 0) is 25.2 Å². The minimum absolute atomic E-state index is 0.0393. The van der Waals surface area contributed by atoms with Crippen molar-refractivity contribution < 1.29 is 19.2 Å². The minimum Gasteiger partial charge on any atom is -0.368 e. The van der Waals surface area contributed by atoms with E-state index in [1.165, 1.54) is 11.2 Å². The highest BCUT2D eigenvalue weighted by molar-refractivity contribution is 5.94. The van der Waals surface area contributed by atoms with Crippen LogP contribution in [0.25, 0.3) is 0 Å². The number of nitrogens with two attached hydrogens (primary N) is 1. The summed E-state index contributed by atoms with van der Waals surface area (Å²) in [6.07, 6.45) is 5.47. The third kappa shape index (κ3) is 4.32. The molecule has 0 bridgehead atoms. The molecule has 3 rings (SSSR count). The van der Waals surface area contributed by atoms with Crippen LogP contribution in [0.1, 0.15) is 38.3 Å². The van der Waals surface area contributed by atoms with Crippen molar-refractivity contribution in [1.29, 1.82) is 0 Å². The lowest BCUT2D eigenvalue weighted by Crippen LogP contribution is -2.58. The van der Waals surface area contributed by atoms with Crippen LogP contribution in [-0.4, -0.2) is 63.2 Å². The third-order valence-corrected chi connectivity index (χ3v) is 5.42. The number of H-pyrrole nitrogens is 1. The zero-order valence-corrected chi connectivity index (χ0v) is 15.8. The molecule has 4 atom stereocenters. The maximum atomic E-state index is 13.2. The van der Waals surface area contributed by atoms with Crippen LogP contribution in [0.5, 0.6) is 0 Å². The van der Waals surface area contributed by atoms with Gasteiger partial charge in [0.2, 0.25) is 23.6 Å². The van der Waals surface area contributed by atoms with Crippen molar-refractivity contribution in [3.05, 3.63) is 18.2 Å². The van der Waals surface area contributed by atoms with E-state index in [-0.39, 0.29) is 24.2 Å². The molecule has 2 aliphatic heterocycles. The summed E-state index contributed by atoms with van der Waals surface area (Å²) in [5.41, 5.74) is 6.18. The smallest absolute Gasteiger partial charge is 0.246 e. The van der Waals surface area contributed by atoms with Gasteiger partial charge in [-0.3, -0.25) is 19.2 Å². The number of amides is 4. The maximum absolute atomic E-state index is 13.2. The summed E-state index contributed by atoms with van der Waals surface area (Å²) >= 11 is 0. The maximum Gasteiger partial charge on any atom is 0.246 e. The summed E-state index contributed by atoms with van der Waals surface area (Å²) in [6, 6.07) is -2.25. The molecule has 10 heteroatoms. The molecule has 0 spiro atoms. The summed E-state index contributed by atoms with van der Waals surface area (Å²) in [4.78, 5) is 57.6. The van der Waals surface area contributed by atoms with Gasteiger partial charge in [-0.2, -0.15) is 0 Å². The van der Waals surface area contributed by atoms with E-state index in [0.29, 0.717) is 37.9 Å². The first-order valence-electron chi connectivity index (χ1n) is 9.53. The van der Waals surface area contributed by atoms with Gasteiger partial charge < -0.3 is 26.3 Å². The average molecular weight is 390 g/mol. The number of imidazole rings is 1. The molecule has 3 heterocycles. The van der Waals surface area contributed by atoms with Gasteiger partial charge in [-0.25, -0.2) is 4.98 Å². The topological polar surface area (TPSA) is 150 Å². The van der Waals surface area contributed by atoms with Crippen LogP contribution >= 0.6 is 0 Å². The van der Waals surface area contributed by atoms with E-state index in [1.54, 1.807) is 6.20 Å². The van der Waals surface area contributed by atoms with Crippen molar-refractivity contribution in [2.45, 2.75) is 57.2 Å². The summed E-state index contributed by atoms with van der Waals surface area (Å²) in [5, 5.41) is 5.40. The summed E-state index contributed by atoms with van der Waals surface area (Å²) in [5.74, 6) is -1.54. The summed E-state index contributed by atoms with van der Waals surface area (Å²) in [7, 11) is 0. The fourth-order valence-corrected chi connectivity index (χ4v) is 3.92. The van der Waals surface area contributed by atoms with Crippen LogP contribution in [-0.2, 0) is 25.6 Å². The molecule has 1 unspecified atom stereocenters. The molecule has 28 heavy (non-hydrogen) atoms. The Morgan fingerprint density at radius 2 is 2.18 bits per heavy atom. The molecule has 152 valence electrons. The van der Waals surface area contributed by atoms with Crippen LogP contribution in [0.2, 0.25) is 0 Å². The number of piperidine rings is 1. The van der Waals surface area contributed by atoms with E-state index in [1.807, 2.05) is 6.92 Å². The van der Waals surface area contributed by atoms with Gasteiger partial charge in [0.05, 0.1) is 6.33 Å². The number of aromatic amines is 1. The molecule has 0 radical (unpaired) electrons. The number of aromatic nitrogens is 2. The first-order valence-corrected chi connectivity index (χ1v) is 9.53. The molecule has 0 saturated carbocycles. The Labute approximate surface area is 162 Å². The Morgan fingerprint density at radius 3 is 2.82 bits per heavy atom. The van der Waals surface area contributed by atoms with Crippen LogP contribution in [0, 0.1) is 5.92 Å². The molecule has 5 N–H and O–H groups in total. The number of carbonyl (C=O) groups is 4. The van der Waals surface area contributed by atoms with Gasteiger partial charge in [-0.1, -0.05) is 6.92 Å². The SMILES string of the molecule is C[C@H]1CCN(C(=O)[C@H](Cc2cnc[nH]2)NC(=O)C2CCCC(=O)N2)[C@@H]1C(N)=O. The van der Waals surface area contributed by atoms with Crippen LogP contribution in [0.4, 0.5) is 0 Å². The second kappa shape index (κ2) is 8.41. The predicted molar refractivity (Wildman–Crippen MR) is 98.5 cm³/mol. The molecule has 2 fully saturated rings. The first kappa shape index (κ1) is 19.8. The van der Waals surface area contributed by atoms with Crippen LogP contribution in [0.15, 0.2) is 12.5 Å². The Bertz CT molecular complexity index is 749. The van der Waals surface area contributed by atoms with Crippen LogP contribution < -0.4 is 16.4 Å². The van der Waals surface area contributed by atoms with E-state index in [9.17, 15) is 19.2 Å². The highest BCUT2D eigenvalue weighted by Crippen LogP contribution is 2.25. The van der Waals surface area contributed by atoms with Gasteiger partial charge in [0.1, 0.15) is 18.1 Å². The number of carbonyl (C=O) groups excluding carboxylic acids is 4. The average Bonchev–Trinajstić information content (AvgIpc) is 3.29. The molecule has 10 nitrogen and oxygen atoms in total. The molecular weight excluding hydrogens is 364 g/mol. The van der Waals surface area contributed by atoms with E-state index in [2.05, 4.69) is 20.6 Å². The van der Waals surface area contributed by atoms with Gasteiger partial charge in [-0.15, -0.1) is 0 Å². The molecule has 1 aromatic heterocycles. The lowest BCUT2D eigenvalue weighted by atomic mass is 10.0. The number of nitrogens with zero attached hydrogens (tertiary/aromatic N) is 2. The molecule has 2 saturated heterocycles. The Kier molecular flexibility index (Phi) is 5.96. The highest BCUT2D eigenvalue weighted by atomic mass is 16.2. The van der Waals surface area contributed by atoms with Crippen molar-refractivity contribution in [2.24, 2.45) is 11.7 Å². The highest BCUT2D eigenvalue weighted by Gasteiger charge is 2.41. The molecular formula is C18H26N6O4. The number of hydrogen-bond donors (Lipinski definition) is 4. The van der Waals surface area contributed by atoms with E-state index in [0.717, 1.165) is 0 Å². The van der Waals surface area contributed by atoms with E-state index in [4.69, 9.17) is 5.73 Å². The molecule has 4 amide bonds. The Hall–Kier alpha value is -2.91. The van der Waals surface area contributed by atoms with Gasteiger partial charge in [0.15, 0.2) is 0 Å².